The Hall–Kier alpha value is -1.95. The van der Waals surface area contributed by atoms with Crippen LogP contribution in [0.2, 0.25) is 0 Å². The van der Waals surface area contributed by atoms with E-state index in [1.165, 1.54) is 50.4 Å². The number of carboxylic acid groups (broad SMARTS) is 1. The summed E-state index contributed by atoms with van der Waals surface area (Å²) in [5, 5.41) is 11.8. The summed E-state index contributed by atoms with van der Waals surface area (Å²) in [4.78, 5) is 27.0. The lowest BCUT2D eigenvalue weighted by atomic mass is 9.49. The van der Waals surface area contributed by atoms with Crippen molar-refractivity contribution in [2.75, 3.05) is 6.54 Å². The van der Waals surface area contributed by atoms with Crippen LogP contribution in [0, 0.1) is 23.7 Å². The first-order valence-corrected chi connectivity index (χ1v) is 8.72. The van der Waals surface area contributed by atoms with E-state index >= 15 is 0 Å². The average Bonchev–Trinajstić information content (AvgIpc) is 2.57. The van der Waals surface area contributed by atoms with Crippen LogP contribution in [0.4, 0.5) is 0 Å². The molecule has 6 nitrogen and oxygen atoms in total. The van der Waals surface area contributed by atoms with Gasteiger partial charge >= 0.3 is 5.97 Å². The van der Waals surface area contributed by atoms with Gasteiger partial charge in [-0.15, -0.1) is 0 Å². The van der Waals surface area contributed by atoms with E-state index in [-0.39, 0.29) is 17.1 Å². The highest BCUT2D eigenvalue weighted by Gasteiger charge is 2.55. The molecule has 1 amide bonds. The zero-order valence-corrected chi connectivity index (χ0v) is 13.6. The first-order chi connectivity index (χ1) is 11.5. The summed E-state index contributed by atoms with van der Waals surface area (Å²) in [5.74, 6) is 1.37. The van der Waals surface area contributed by atoms with Crippen molar-refractivity contribution in [3.8, 4) is 0 Å². The Labute approximate surface area is 140 Å². The van der Waals surface area contributed by atoms with E-state index in [1.807, 2.05) is 0 Å². The molecule has 4 bridgehead atoms. The lowest BCUT2D eigenvalue weighted by molar-refractivity contribution is -0.0533. The summed E-state index contributed by atoms with van der Waals surface area (Å²) < 4.78 is 0. The van der Waals surface area contributed by atoms with E-state index in [4.69, 9.17) is 10.8 Å². The Bertz CT molecular complexity index is 643. The first-order valence-electron chi connectivity index (χ1n) is 8.72. The normalized spacial score (nSPS) is 36.5. The molecule has 4 aliphatic carbocycles. The number of rotatable bonds is 4. The zero-order valence-electron chi connectivity index (χ0n) is 13.6. The molecule has 0 spiro atoms. The first kappa shape index (κ1) is 15.6. The number of nitrogens with two attached hydrogens (primary N) is 1. The summed E-state index contributed by atoms with van der Waals surface area (Å²) in [5.41, 5.74) is 6.78. The smallest absolute Gasteiger partial charge is 0.354 e. The second-order valence-electron chi connectivity index (χ2n) is 7.84. The van der Waals surface area contributed by atoms with E-state index in [0.717, 1.165) is 11.8 Å². The second-order valence-corrected chi connectivity index (χ2v) is 7.84. The number of nitrogens with zero attached hydrogens (tertiary/aromatic N) is 1. The molecular formula is C18H23N3O3. The van der Waals surface area contributed by atoms with Crippen LogP contribution in [0.5, 0.6) is 0 Å². The predicted octanol–water partition coefficient (Wildman–Crippen LogP) is 1.66. The molecule has 1 heterocycles. The molecule has 0 aromatic carbocycles. The fourth-order valence-electron chi connectivity index (χ4n) is 5.34. The Kier molecular flexibility index (Phi) is 3.60. The Morgan fingerprint density at radius 3 is 2.29 bits per heavy atom. The topological polar surface area (TPSA) is 105 Å². The highest BCUT2D eigenvalue weighted by Crippen LogP contribution is 2.57. The van der Waals surface area contributed by atoms with Crippen LogP contribution in [0.25, 0.3) is 0 Å². The highest BCUT2D eigenvalue weighted by molar-refractivity contribution is 5.94. The van der Waals surface area contributed by atoms with Crippen molar-refractivity contribution in [2.24, 2.45) is 29.4 Å². The van der Waals surface area contributed by atoms with Crippen LogP contribution < -0.4 is 11.1 Å². The van der Waals surface area contributed by atoms with Crippen molar-refractivity contribution in [1.29, 1.82) is 0 Å². The number of carbonyl (C=O) groups excluding carboxylic acids is 1. The Morgan fingerprint density at radius 1 is 1.17 bits per heavy atom. The molecule has 5 rings (SSSR count). The van der Waals surface area contributed by atoms with Crippen LogP contribution in [0.15, 0.2) is 18.3 Å². The maximum absolute atomic E-state index is 12.3. The summed E-state index contributed by atoms with van der Waals surface area (Å²) in [6, 6.07) is 2.84. The molecule has 0 radical (unpaired) electrons. The van der Waals surface area contributed by atoms with Gasteiger partial charge in [0.2, 0.25) is 0 Å². The quantitative estimate of drug-likeness (QED) is 0.779. The van der Waals surface area contributed by atoms with Gasteiger partial charge in [0.15, 0.2) is 0 Å². The summed E-state index contributed by atoms with van der Waals surface area (Å²) in [6.07, 6.45) is 7.49. The molecular weight excluding hydrogens is 306 g/mol. The lowest BCUT2D eigenvalue weighted by Crippen LogP contribution is -2.67. The third-order valence-electron chi connectivity index (χ3n) is 6.46. The number of nitrogens with one attached hydrogen (secondary N) is 1. The zero-order chi connectivity index (χ0) is 16.9. The van der Waals surface area contributed by atoms with E-state index in [2.05, 4.69) is 10.3 Å². The van der Waals surface area contributed by atoms with Gasteiger partial charge in [-0.1, -0.05) is 0 Å². The largest absolute Gasteiger partial charge is 0.477 e. The fourth-order valence-corrected chi connectivity index (χ4v) is 5.34. The molecule has 1 aromatic heterocycles. The summed E-state index contributed by atoms with van der Waals surface area (Å²) in [7, 11) is 0. The van der Waals surface area contributed by atoms with E-state index < -0.39 is 5.97 Å². The molecule has 4 fully saturated rings. The van der Waals surface area contributed by atoms with Crippen molar-refractivity contribution in [2.45, 2.75) is 37.6 Å². The monoisotopic (exact) mass is 329 g/mol. The van der Waals surface area contributed by atoms with Gasteiger partial charge in [0.25, 0.3) is 5.91 Å². The van der Waals surface area contributed by atoms with Gasteiger partial charge in [-0.25, -0.2) is 9.78 Å². The highest BCUT2D eigenvalue weighted by atomic mass is 16.4. The number of aromatic nitrogens is 1. The summed E-state index contributed by atoms with van der Waals surface area (Å²) in [6.45, 7) is 0.487. The number of hydrogen-bond acceptors (Lipinski definition) is 4. The Balaban J connectivity index is 1.42. The number of carboxylic acids is 1. The molecule has 4 N–H and O–H groups in total. The molecule has 1 aromatic rings. The number of carbonyl (C=O) groups is 2. The standard InChI is InChI=1S/C18H23N3O3/c19-18(13-4-10-3-11(6-13)7-14(18)5-10)9-21-16(22)12-1-2-15(17(23)24)20-8-12/h1-2,8,10-11,13-14H,3-7,9,19H2,(H,21,22)(H,23,24). The van der Waals surface area contributed by atoms with Crippen LogP contribution in [-0.2, 0) is 0 Å². The molecule has 0 atom stereocenters. The molecule has 128 valence electrons. The predicted molar refractivity (Wildman–Crippen MR) is 87.5 cm³/mol. The minimum Gasteiger partial charge on any atom is -0.477 e. The van der Waals surface area contributed by atoms with Crippen molar-refractivity contribution in [1.82, 2.24) is 10.3 Å². The fraction of sp³-hybridized carbons (Fsp3) is 0.611. The second kappa shape index (κ2) is 5.55. The number of pyridine rings is 1. The number of amides is 1. The van der Waals surface area contributed by atoms with Crippen LogP contribution in [0.3, 0.4) is 0 Å². The van der Waals surface area contributed by atoms with Crippen molar-refractivity contribution >= 4 is 11.9 Å². The van der Waals surface area contributed by atoms with Crippen LogP contribution in [-0.4, -0.2) is 34.1 Å². The van der Waals surface area contributed by atoms with Crippen molar-refractivity contribution in [3.05, 3.63) is 29.6 Å². The maximum Gasteiger partial charge on any atom is 0.354 e. The molecule has 24 heavy (non-hydrogen) atoms. The summed E-state index contributed by atoms with van der Waals surface area (Å²) >= 11 is 0. The van der Waals surface area contributed by atoms with E-state index in [0.29, 0.717) is 23.9 Å². The van der Waals surface area contributed by atoms with Gasteiger partial charge in [-0.2, -0.15) is 0 Å². The number of hydrogen-bond donors (Lipinski definition) is 3. The lowest BCUT2D eigenvalue weighted by Gasteiger charge is -2.59. The molecule has 0 unspecified atom stereocenters. The van der Waals surface area contributed by atoms with Crippen LogP contribution in [0.1, 0.15) is 53.0 Å². The van der Waals surface area contributed by atoms with Crippen LogP contribution >= 0.6 is 0 Å². The molecule has 0 saturated heterocycles. The maximum atomic E-state index is 12.3. The number of aromatic carboxylic acids is 1. The molecule has 6 heteroatoms. The van der Waals surface area contributed by atoms with Gasteiger partial charge in [0, 0.05) is 18.3 Å². The minimum atomic E-state index is -1.10. The molecule has 4 saturated carbocycles. The Morgan fingerprint density at radius 2 is 1.79 bits per heavy atom. The van der Waals surface area contributed by atoms with Crippen molar-refractivity contribution < 1.29 is 14.7 Å². The third-order valence-corrected chi connectivity index (χ3v) is 6.46. The van der Waals surface area contributed by atoms with Gasteiger partial charge < -0.3 is 16.2 Å². The van der Waals surface area contributed by atoms with E-state index in [9.17, 15) is 9.59 Å². The van der Waals surface area contributed by atoms with Gasteiger partial charge in [-0.3, -0.25) is 4.79 Å². The SMILES string of the molecule is NC1(CNC(=O)c2ccc(C(=O)O)nc2)C2CC3CC(C2)CC1C3. The minimum absolute atomic E-state index is 0.0668. The molecule has 0 aliphatic heterocycles. The van der Waals surface area contributed by atoms with Gasteiger partial charge in [0.05, 0.1) is 5.56 Å². The van der Waals surface area contributed by atoms with Gasteiger partial charge in [0.1, 0.15) is 5.69 Å². The van der Waals surface area contributed by atoms with E-state index in [1.54, 1.807) is 0 Å². The third kappa shape index (κ3) is 2.49. The van der Waals surface area contributed by atoms with Crippen molar-refractivity contribution in [3.63, 3.8) is 0 Å². The van der Waals surface area contributed by atoms with Gasteiger partial charge in [-0.05, 0) is 67.9 Å². The average molecular weight is 329 g/mol. The molecule has 4 aliphatic rings.